The summed E-state index contributed by atoms with van der Waals surface area (Å²) in [4.78, 5) is 8.98. The Morgan fingerprint density at radius 1 is 0.900 bits per heavy atom. The first kappa shape index (κ1) is 21.4. The lowest BCUT2D eigenvalue weighted by atomic mass is 10.1. The van der Waals surface area contributed by atoms with Crippen LogP contribution in [0.1, 0.15) is 26.3 Å². The first-order chi connectivity index (χ1) is 14.0. The molecule has 3 aromatic rings. The molecule has 2 aromatic carbocycles. The van der Waals surface area contributed by atoms with E-state index in [1.807, 2.05) is 52.0 Å². The maximum Gasteiger partial charge on any atom is 0.573 e. The standard InChI is InChI=1S/C22H23F3N4O/c1-14-8-10-16(11-9-14)26-19-13-18(27-20(28-19)29-21(2,3)4)15-6-5-7-17(12-15)30-22(23,24)25/h5-13H,1-4H3,(H2,26,27,28,29). The van der Waals surface area contributed by atoms with Crippen LogP contribution >= 0.6 is 0 Å². The van der Waals surface area contributed by atoms with Gasteiger partial charge in [-0.3, -0.25) is 0 Å². The summed E-state index contributed by atoms with van der Waals surface area (Å²) < 4.78 is 41.8. The molecule has 0 aliphatic carbocycles. The molecule has 0 bridgehead atoms. The van der Waals surface area contributed by atoms with E-state index >= 15 is 0 Å². The van der Waals surface area contributed by atoms with E-state index < -0.39 is 6.36 Å². The molecule has 0 saturated carbocycles. The average Bonchev–Trinajstić information content (AvgIpc) is 2.61. The van der Waals surface area contributed by atoms with Crippen LogP contribution in [0.3, 0.4) is 0 Å². The fraction of sp³-hybridized carbons (Fsp3) is 0.273. The van der Waals surface area contributed by atoms with E-state index in [1.54, 1.807) is 12.1 Å². The Labute approximate surface area is 173 Å². The molecule has 30 heavy (non-hydrogen) atoms. The van der Waals surface area contributed by atoms with Crippen LogP contribution in [-0.4, -0.2) is 21.9 Å². The number of benzene rings is 2. The van der Waals surface area contributed by atoms with Crippen LogP contribution in [0.15, 0.2) is 54.6 Å². The monoisotopic (exact) mass is 416 g/mol. The SMILES string of the molecule is Cc1ccc(Nc2cc(-c3cccc(OC(F)(F)F)c3)nc(NC(C)(C)C)n2)cc1. The molecule has 0 saturated heterocycles. The molecule has 0 atom stereocenters. The molecule has 0 amide bonds. The summed E-state index contributed by atoms with van der Waals surface area (Å²) in [7, 11) is 0. The van der Waals surface area contributed by atoms with Gasteiger partial charge >= 0.3 is 6.36 Å². The summed E-state index contributed by atoms with van der Waals surface area (Å²) in [5, 5.41) is 6.42. The molecular formula is C22H23F3N4O. The predicted octanol–water partition coefficient (Wildman–Crippen LogP) is 6.30. The summed E-state index contributed by atoms with van der Waals surface area (Å²) in [6.45, 7) is 7.89. The van der Waals surface area contributed by atoms with Crippen LogP contribution in [0.2, 0.25) is 0 Å². The van der Waals surface area contributed by atoms with Gasteiger partial charge in [-0.1, -0.05) is 29.8 Å². The van der Waals surface area contributed by atoms with E-state index in [4.69, 9.17) is 0 Å². The van der Waals surface area contributed by atoms with Crippen molar-refractivity contribution in [3.63, 3.8) is 0 Å². The Balaban J connectivity index is 1.99. The zero-order valence-electron chi connectivity index (χ0n) is 17.1. The third-order valence-corrected chi connectivity index (χ3v) is 3.90. The van der Waals surface area contributed by atoms with Gasteiger partial charge in [-0.05, 0) is 52.0 Å². The van der Waals surface area contributed by atoms with Crippen LogP contribution in [0, 0.1) is 6.92 Å². The minimum atomic E-state index is -4.76. The van der Waals surface area contributed by atoms with Crippen molar-refractivity contribution in [3.8, 4) is 17.0 Å². The normalized spacial score (nSPS) is 11.8. The number of anilines is 3. The van der Waals surface area contributed by atoms with Gasteiger partial charge in [-0.2, -0.15) is 4.98 Å². The molecule has 158 valence electrons. The van der Waals surface area contributed by atoms with Gasteiger partial charge in [0, 0.05) is 22.9 Å². The molecule has 2 N–H and O–H groups in total. The number of nitrogens with zero attached hydrogens (tertiary/aromatic N) is 2. The highest BCUT2D eigenvalue weighted by atomic mass is 19.4. The third kappa shape index (κ3) is 6.37. The fourth-order valence-corrected chi connectivity index (χ4v) is 2.69. The van der Waals surface area contributed by atoms with Crippen LogP contribution in [0.5, 0.6) is 5.75 Å². The average molecular weight is 416 g/mol. The minimum Gasteiger partial charge on any atom is -0.406 e. The van der Waals surface area contributed by atoms with Crippen molar-refractivity contribution in [2.75, 3.05) is 10.6 Å². The fourth-order valence-electron chi connectivity index (χ4n) is 2.69. The number of alkyl halides is 3. The maximum atomic E-state index is 12.6. The van der Waals surface area contributed by atoms with E-state index in [9.17, 15) is 13.2 Å². The summed E-state index contributed by atoms with van der Waals surface area (Å²) in [5.41, 5.74) is 2.59. The number of ether oxygens (including phenoxy) is 1. The van der Waals surface area contributed by atoms with Crippen molar-refractivity contribution < 1.29 is 17.9 Å². The van der Waals surface area contributed by atoms with Crippen molar-refractivity contribution in [1.82, 2.24) is 9.97 Å². The summed E-state index contributed by atoms with van der Waals surface area (Å²) in [6.07, 6.45) is -4.76. The molecule has 1 heterocycles. The second-order valence-corrected chi connectivity index (χ2v) is 7.90. The van der Waals surface area contributed by atoms with Gasteiger partial charge in [0.05, 0.1) is 5.69 Å². The van der Waals surface area contributed by atoms with Gasteiger partial charge in [0.15, 0.2) is 0 Å². The number of rotatable bonds is 5. The van der Waals surface area contributed by atoms with Gasteiger partial charge in [0.2, 0.25) is 5.95 Å². The van der Waals surface area contributed by atoms with Crippen LogP contribution in [0.4, 0.5) is 30.6 Å². The molecule has 0 unspecified atom stereocenters. The molecule has 3 rings (SSSR count). The van der Waals surface area contributed by atoms with Crippen molar-refractivity contribution in [1.29, 1.82) is 0 Å². The Morgan fingerprint density at radius 2 is 1.60 bits per heavy atom. The van der Waals surface area contributed by atoms with E-state index in [0.29, 0.717) is 23.0 Å². The highest BCUT2D eigenvalue weighted by molar-refractivity contribution is 5.68. The Bertz CT molecular complexity index is 1010. The van der Waals surface area contributed by atoms with E-state index in [0.717, 1.165) is 11.3 Å². The molecule has 0 spiro atoms. The van der Waals surface area contributed by atoms with Crippen molar-refractivity contribution in [2.24, 2.45) is 0 Å². The predicted molar refractivity (Wildman–Crippen MR) is 112 cm³/mol. The molecule has 0 aliphatic heterocycles. The van der Waals surface area contributed by atoms with Crippen molar-refractivity contribution in [2.45, 2.75) is 39.6 Å². The molecule has 8 heteroatoms. The highest BCUT2D eigenvalue weighted by Crippen LogP contribution is 2.29. The van der Waals surface area contributed by atoms with Crippen molar-refractivity contribution in [3.05, 3.63) is 60.2 Å². The van der Waals surface area contributed by atoms with Crippen molar-refractivity contribution >= 4 is 17.5 Å². The lowest BCUT2D eigenvalue weighted by Gasteiger charge is -2.21. The van der Waals surface area contributed by atoms with E-state index in [-0.39, 0.29) is 11.3 Å². The van der Waals surface area contributed by atoms with Crippen LogP contribution in [0.25, 0.3) is 11.3 Å². The molecule has 1 aromatic heterocycles. The topological polar surface area (TPSA) is 59.1 Å². The largest absolute Gasteiger partial charge is 0.573 e. The zero-order valence-corrected chi connectivity index (χ0v) is 17.1. The number of aromatic nitrogens is 2. The van der Waals surface area contributed by atoms with Gasteiger partial charge in [0.1, 0.15) is 11.6 Å². The molecule has 0 fully saturated rings. The third-order valence-electron chi connectivity index (χ3n) is 3.90. The van der Waals surface area contributed by atoms with Gasteiger partial charge < -0.3 is 15.4 Å². The van der Waals surface area contributed by atoms with Crippen LogP contribution < -0.4 is 15.4 Å². The van der Waals surface area contributed by atoms with E-state index in [2.05, 4.69) is 25.3 Å². The number of nitrogens with one attached hydrogen (secondary N) is 2. The number of hydrogen-bond acceptors (Lipinski definition) is 5. The first-order valence-electron chi connectivity index (χ1n) is 9.34. The lowest BCUT2D eigenvalue weighted by molar-refractivity contribution is -0.274. The first-order valence-corrected chi connectivity index (χ1v) is 9.34. The van der Waals surface area contributed by atoms with Crippen LogP contribution in [-0.2, 0) is 0 Å². The Morgan fingerprint density at radius 3 is 2.23 bits per heavy atom. The minimum absolute atomic E-state index is 0.305. The second kappa shape index (κ2) is 8.22. The highest BCUT2D eigenvalue weighted by Gasteiger charge is 2.31. The van der Waals surface area contributed by atoms with E-state index in [1.165, 1.54) is 18.2 Å². The molecular weight excluding hydrogens is 393 g/mol. The molecule has 0 aliphatic rings. The number of hydrogen-bond donors (Lipinski definition) is 2. The van der Waals surface area contributed by atoms with Gasteiger partial charge in [-0.25, -0.2) is 4.98 Å². The lowest BCUT2D eigenvalue weighted by Crippen LogP contribution is -2.27. The van der Waals surface area contributed by atoms with Gasteiger partial charge in [-0.15, -0.1) is 13.2 Å². The Kier molecular flexibility index (Phi) is 5.87. The second-order valence-electron chi connectivity index (χ2n) is 7.90. The smallest absolute Gasteiger partial charge is 0.406 e. The van der Waals surface area contributed by atoms with Gasteiger partial charge in [0.25, 0.3) is 0 Å². The summed E-state index contributed by atoms with van der Waals surface area (Å²) in [5.74, 6) is 0.562. The molecule has 0 radical (unpaired) electrons. The molecule has 5 nitrogen and oxygen atoms in total. The number of aryl methyl sites for hydroxylation is 1. The quantitative estimate of drug-likeness (QED) is 0.511. The zero-order chi connectivity index (χ0) is 21.9. The number of halogens is 3. The Hall–Kier alpha value is -3.29. The summed E-state index contributed by atoms with van der Waals surface area (Å²) in [6, 6.07) is 15.2. The summed E-state index contributed by atoms with van der Waals surface area (Å²) >= 11 is 0. The maximum absolute atomic E-state index is 12.6.